The zero-order chi connectivity index (χ0) is 13.2. The van der Waals surface area contributed by atoms with Gasteiger partial charge in [0.2, 0.25) is 10.0 Å². The Morgan fingerprint density at radius 3 is 2.61 bits per heavy atom. The zero-order valence-corrected chi connectivity index (χ0v) is 11.0. The van der Waals surface area contributed by atoms with Crippen LogP contribution in [0.15, 0.2) is 18.5 Å². The predicted molar refractivity (Wildman–Crippen MR) is 67.3 cm³/mol. The minimum Gasteiger partial charge on any atom is -0.381 e. The Morgan fingerprint density at radius 2 is 2.06 bits per heavy atom. The van der Waals surface area contributed by atoms with Crippen LogP contribution in [0.25, 0.3) is 0 Å². The highest BCUT2D eigenvalue weighted by atomic mass is 32.2. The van der Waals surface area contributed by atoms with Crippen molar-refractivity contribution in [2.45, 2.75) is 18.9 Å². The van der Waals surface area contributed by atoms with E-state index in [-0.39, 0.29) is 11.9 Å². The molecule has 0 aromatic carbocycles. The summed E-state index contributed by atoms with van der Waals surface area (Å²) in [6.07, 6.45) is 5.36. The van der Waals surface area contributed by atoms with E-state index in [1.165, 1.54) is 16.6 Å². The molecule has 1 N–H and O–H groups in total. The minimum atomic E-state index is -3.10. The van der Waals surface area contributed by atoms with Gasteiger partial charge in [-0.3, -0.25) is 4.98 Å². The SMILES string of the molecule is CS(=O)(=O)N1CCC(Nc2cncc(F)c2)CC1. The Labute approximate surface area is 106 Å². The van der Waals surface area contributed by atoms with E-state index in [0.29, 0.717) is 31.6 Å². The van der Waals surface area contributed by atoms with Crippen LogP contribution in [0.2, 0.25) is 0 Å². The van der Waals surface area contributed by atoms with Crippen molar-refractivity contribution >= 4 is 15.7 Å². The van der Waals surface area contributed by atoms with Gasteiger partial charge in [0.15, 0.2) is 0 Å². The summed E-state index contributed by atoms with van der Waals surface area (Å²) in [5.74, 6) is -0.381. The van der Waals surface area contributed by atoms with Crippen molar-refractivity contribution in [2.24, 2.45) is 0 Å². The third-order valence-electron chi connectivity index (χ3n) is 3.00. The molecule has 100 valence electrons. The van der Waals surface area contributed by atoms with Crippen molar-refractivity contribution < 1.29 is 12.8 Å². The number of nitrogens with one attached hydrogen (secondary N) is 1. The summed E-state index contributed by atoms with van der Waals surface area (Å²) in [6, 6.07) is 1.54. The largest absolute Gasteiger partial charge is 0.381 e. The van der Waals surface area contributed by atoms with Crippen molar-refractivity contribution in [3.63, 3.8) is 0 Å². The fourth-order valence-corrected chi connectivity index (χ4v) is 2.93. The van der Waals surface area contributed by atoms with Crippen molar-refractivity contribution in [3.8, 4) is 0 Å². The summed E-state index contributed by atoms with van der Waals surface area (Å²) in [4.78, 5) is 3.76. The first-order chi connectivity index (χ1) is 8.45. The van der Waals surface area contributed by atoms with Gasteiger partial charge >= 0.3 is 0 Å². The van der Waals surface area contributed by atoms with Crippen LogP contribution in [0.5, 0.6) is 0 Å². The van der Waals surface area contributed by atoms with Gasteiger partial charge in [-0.25, -0.2) is 17.1 Å². The summed E-state index contributed by atoms with van der Waals surface area (Å²) < 4.78 is 37.1. The van der Waals surface area contributed by atoms with Crippen LogP contribution in [-0.2, 0) is 10.0 Å². The number of halogens is 1. The highest BCUT2D eigenvalue weighted by molar-refractivity contribution is 7.88. The second-order valence-electron chi connectivity index (χ2n) is 4.47. The van der Waals surface area contributed by atoms with E-state index in [1.54, 1.807) is 6.20 Å². The summed E-state index contributed by atoms with van der Waals surface area (Å²) in [5, 5.41) is 3.17. The lowest BCUT2D eigenvalue weighted by Crippen LogP contribution is -2.41. The topological polar surface area (TPSA) is 62.3 Å². The van der Waals surface area contributed by atoms with Gasteiger partial charge in [-0.2, -0.15) is 0 Å². The zero-order valence-electron chi connectivity index (χ0n) is 10.1. The van der Waals surface area contributed by atoms with E-state index < -0.39 is 10.0 Å². The second-order valence-corrected chi connectivity index (χ2v) is 6.45. The maximum atomic E-state index is 12.9. The Hall–Kier alpha value is -1.21. The average molecular weight is 273 g/mol. The van der Waals surface area contributed by atoms with E-state index in [1.807, 2.05) is 0 Å². The van der Waals surface area contributed by atoms with E-state index in [2.05, 4.69) is 10.3 Å². The van der Waals surface area contributed by atoms with Crippen molar-refractivity contribution in [3.05, 3.63) is 24.3 Å². The summed E-state index contributed by atoms with van der Waals surface area (Å²) in [6.45, 7) is 0.999. The van der Waals surface area contributed by atoms with Crippen LogP contribution in [0.4, 0.5) is 10.1 Å². The van der Waals surface area contributed by atoms with Gasteiger partial charge < -0.3 is 5.32 Å². The van der Waals surface area contributed by atoms with Gasteiger partial charge in [0.1, 0.15) is 5.82 Å². The van der Waals surface area contributed by atoms with Gasteiger partial charge in [-0.15, -0.1) is 0 Å². The van der Waals surface area contributed by atoms with Crippen LogP contribution >= 0.6 is 0 Å². The summed E-state index contributed by atoms with van der Waals surface area (Å²) in [5.41, 5.74) is 0.632. The number of anilines is 1. The molecule has 5 nitrogen and oxygen atoms in total. The lowest BCUT2D eigenvalue weighted by molar-refractivity contribution is 0.332. The van der Waals surface area contributed by atoms with Gasteiger partial charge in [0, 0.05) is 25.2 Å². The third kappa shape index (κ3) is 3.39. The number of hydrogen-bond acceptors (Lipinski definition) is 4. The molecule has 0 amide bonds. The fourth-order valence-electron chi connectivity index (χ4n) is 2.06. The van der Waals surface area contributed by atoms with Crippen LogP contribution in [0.3, 0.4) is 0 Å². The van der Waals surface area contributed by atoms with E-state index >= 15 is 0 Å². The molecule has 1 aromatic heterocycles. The lowest BCUT2D eigenvalue weighted by atomic mass is 10.1. The normalized spacial score (nSPS) is 18.8. The summed E-state index contributed by atoms with van der Waals surface area (Å²) >= 11 is 0. The third-order valence-corrected chi connectivity index (χ3v) is 4.30. The maximum Gasteiger partial charge on any atom is 0.211 e. The standard InChI is InChI=1S/C11H16FN3O2S/c1-18(16,17)15-4-2-10(3-5-15)14-11-6-9(12)7-13-8-11/h6-8,10,14H,2-5H2,1H3. The first kappa shape index (κ1) is 13.2. The Bertz CT molecular complexity index is 513. The second kappa shape index (κ2) is 5.19. The number of nitrogens with zero attached hydrogens (tertiary/aromatic N) is 2. The highest BCUT2D eigenvalue weighted by Crippen LogP contribution is 2.18. The molecule has 2 rings (SSSR count). The number of piperidine rings is 1. The molecule has 0 bridgehead atoms. The molecule has 0 aliphatic carbocycles. The molecule has 1 aromatic rings. The monoisotopic (exact) mass is 273 g/mol. The van der Waals surface area contributed by atoms with E-state index in [0.717, 1.165) is 6.20 Å². The van der Waals surface area contributed by atoms with Crippen molar-refractivity contribution in [1.29, 1.82) is 0 Å². The maximum absolute atomic E-state index is 12.9. The number of aromatic nitrogens is 1. The molecular formula is C11H16FN3O2S. The molecule has 0 radical (unpaired) electrons. The fraction of sp³-hybridized carbons (Fsp3) is 0.545. The average Bonchev–Trinajstić information content (AvgIpc) is 2.28. The first-order valence-corrected chi connectivity index (χ1v) is 7.62. The number of sulfonamides is 1. The van der Waals surface area contributed by atoms with Crippen LogP contribution in [0.1, 0.15) is 12.8 Å². The van der Waals surface area contributed by atoms with Gasteiger partial charge in [-0.1, -0.05) is 0 Å². The molecule has 0 saturated carbocycles. The molecule has 1 aliphatic rings. The van der Waals surface area contributed by atoms with E-state index in [4.69, 9.17) is 0 Å². The van der Waals surface area contributed by atoms with Crippen LogP contribution in [-0.4, -0.2) is 43.1 Å². The number of rotatable bonds is 3. The molecular weight excluding hydrogens is 257 g/mol. The molecule has 1 aliphatic heterocycles. The summed E-state index contributed by atoms with van der Waals surface area (Å²) in [7, 11) is -3.10. The Kier molecular flexibility index (Phi) is 3.82. The quantitative estimate of drug-likeness (QED) is 0.894. The lowest BCUT2D eigenvalue weighted by Gasteiger charge is -2.31. The molecule has 2 heterocycles. The van der Waals surface area contributed by atoms with E-state index in [9.17, 15) is 12.8 Å². The number of pyridine rings is 1. The van der Waals surface area contributed by atoms with Crippen LogP contribution < -0.4 is 5.32 Å². The molecule has 1 fully saturated rings. The molecule has 18 heavy (non-hydrogen) atoms. The molecule has 0 unspecified atom stereocenters. The van der Waals surface area contributed by atoms with Crippen LogP contribution in [0, 0.1) is 5.82 Å². The van der Waals surface area contributed by atoms with Gasteiger partial charge in [0.25, 0.3) is 0 Å². The number of hydrogen-bond donors (Lipinski definition) is 1. The van der Waals surface area contributed by atoms with Gasteiger partial charge in [-0.05, 0) is 12.8 Å². The van der Waals surface area contributed by atoms with Crippen molar-refractivity contribution in [1.82, 2.24) is 9.29 Å². The molecule has 0 spiro atoms. The smallest absolute Gasteiger partial charge is 0.211 e. The predicted octanol–water partition coefficient (Wildman–Crippen LogP) is 1.06. The molecule has 1 saturated heterocycles. The Morgan fingerprint density at radius 1 is 1.39 bits per heavy atom. The van der Waals surface area contributed by atoms with Crippen molar-refractivity contribution in [2.75, 3.05) is 24.7 Å². The minimum absolute atomic E-state index is 0.159. The molecule has 0 atom stereocenters. The first-order valence-electron chi connectivity index (χ1n) is 5.77. The highest BCUT2D eigenvalue weighted by Gasteiger charge is 2.24. The Balaban J connectivity index is 1.91. The molecule has 7 heteroatoms. The van der Waals surface area contributed by atoms with Gasteiger partial charge in [0.05, 0.1) is 24.3 Å².